The van der Waals surface area contributed by atoms with E-state index in [-0.39, 0.29) is 11.4 Å². The topological polar surface area (TPSA) is 45.2 Å². The molecule has 1 amide bonds. The molecule has 0 aliphatic carbocycles. The van der Waals surface area contributed by atoms with Gasteiger partial charge in [-0.05, 0) is 64.9 Å². The number of halogens is 2. The fraction of sp³-hybridized carbons (Fsp3) is 0.333. The first-order chi connectivity index (χ1) is 12.7. The molecule has 1 N–H and O–H groups in total. The van der Waals surface area contributed by atoms with Crippen molar-refractivity contribution in [2.75, 3.05) is 12.4 Å². The van der Waals surface area contributed by atoms with E-state index in [1.54, 1.807) is 0 Å². The van der Waals surface area contributed by atoms with Gasteiger partial charge >= 0.3 is 0 Å². The van der Waals surface area contributed by atoms with Crippen molar-refractivity contribution in [3.8, 4) is 0 Å². The number of pyridine rings is 1. The molecule has 2 aromatic rings. The molecule has 140 valence electrons. The minimum atomic E-state index is -0.591. The SMILES string of the molecule is CN1C(=O)C2=C(CC1(C)C)Nc1ncc(I)c(Br)c1C2(C)c1ccccc1. The number of nitrogens with one attached hydrogen (secondary N) is 1. The number of rotatable bonds is 1. The van der Waals surface area contributed by atoms with E-state index in [9.17, 15) is 4.79 Å². The van der Waals surface area contributed by atoms with Crippen molar-refractivity contribution in [3.63, 3.8) is 0 Å². The number of benzene rings is 1. The average molecular weight is 538 g/mol. The minimum Gasteiger partial charge on any atom is -0.343 e. The Morgan fingerprint density at radius 1 is 1.22 bits per heavy atom. The van der Waals surface area contributed by atoms with Gasteiger partial charge in [-0.1, -0.05) is 30.3 Å². The van der Waals surface area contributed by atoms with Crippen molar-refractivity contribution in [1.82, 2.24) is 9.88 Å². The number of fused-ring (bicyclic) bond motifs is 1. The Morgan fingerprint density at radius 2 is 1.89 bits per heavy atom. The molecule has 2 aliphatic rings. The molecule has 2 aliphatic heterocycles. The van der Waals surface area contributed by atoms with Crippen molar-refractivity contribution in [2.45, 2.75) is 38.1 Å². The lowest BCUT2D eigenvalue weighted by Crippen LogP contribution is -2.54. The Balaban J connectivity index is 2.08. The summed E-state index contributed by atoms with van der Waals surface area (Å²) in [6, 6.07) is 10.2. The summed E-state index contributed by atoms with van der Waals surface area (Å²) in [5, 5.41) is 3.49. The standard InChI is InChI=1S/C21H21BrIN3O/c1-20(2)10-14-15(19(27)26(20)4)21(3,12-8-6-5-7-9-12)16-17(22)13(23)11-24-18(16)25-14/h5-9,11H,10H2,1-4H3,(H,24,25). The molecular weight excluding hydrogens is 517 g/mol. The molecule has 0 bridgehead atoms. The molecule has 0 saturated heterocycles. The lowest BCUT2D eigenvalue weighted by Gasteiger charge is -2.49. The summed E-state index contributed by atoms with van der Waals surface area (Å²) in [4.78, 5) is 20.1. The lowest BCUT2D eigenvalue weighted by molar-refractivity contribution is -0.132. The summed E-state index contributed by atoms with van der Waals surface area (Å²) < 4.78 is 2.01. The minimum absolute atomic E-state index is 0.0662. The molecular formula is C21H21BrIN3O. The van der Waals surface area contributed by atoms with E-state index in [4.69, 9.17) is 0 Å². The number of carbonyl (C=O) groups is 1. The quantitative estimate of drug-likeness (QED) is 0.516. The van der Waals surface area contributed by atoms with Crippen molar-refractivity contribution in [1.29, 1.82) is 0 Å². The summed E-state index contributed by atoms with van der Waals surface area (Å²) in [7, 11) is 1.90. The number of amides is 1. The highest BCUT2D eigenvalue weighted by Gasteiger charge is 2.51. The maximum atomic E-state index is 13.6. The number of hydrogen-bond acceptors (Lipinski definition) is 3. The second-order valence-corrected chi connectivity index (χ2v) is 9.92. The highest BCUT2D eigenvalue weighted by atomic mass is 127. The second kappa shape index (κ2) is 6.30. The van der Waals surface area contributed by atoms with Crippen LogP contribution in [0.3, 0.4) is 0 Å². The first kappa shape index (κ1) is 18.9. The molecule has 0 saturated carbocycles. The number of carbonyl (C=O) groups excluding carboxylic acids is 1. The molecule has 1 atom stereocenters. The van der Waals surface area contributed by atoms with E-state index < -0.39 is 5.41 Å². The van der Waals surface area contributed by atoms with Crippen LogP contribution in [0, 0.1) is 3.57 Å². The number of anilines is 1. The van der Waals surface area contributed by atoms with Gasteiger partial charge in [0.05, 0.1) is 11.0 Å². The molecule has 1 aromatic carbocycles. The van der Waals surface area contributed by atoms with E-state index in [0.29, 0.717) is 0 Å². The zero-order valence-corrected chi connectivity index (χ0v) is 19.5. The highest BCUT2D eigenvalue weighted by molar-refractivity contribution is 14.1. The molecule has 0 radical (unpaired) electrons. The summed E-state index contributed by atoms with van der Waals surface area (Å²) in [6.07, 6.45) is 2.62. The molecule has 4 rings (SSSR count). The van der Waals surface area contributed by atoms with Gasteiger partial charge in [-0.3, -0.25) is 4.79 Å². The van der Waals surface area contributed by atoms with Gasteiger partial charge in [0.1, 0.15) is 5.82 Å². The van der Waals surface area contributed by atoms with Crippen LogP contribution in [0.4, 0.5) is 5.82 Å². The Kier molecular flexibility index (Phi) is 4.42. The van der Waals surface area contributed by atoms with Gasteiger partial charge in [0, 0.05) is 44.5 Å². The molecule has 1 aromatic heterocycles. The number of hydrogen-bond donors (Lipinski definition) is 1. The average Bonchev–Trinajstić information content (AvgIpc) is 2.63. The number of nitrogens with zero attached hydrogens (tertiary/aromatic N) is 2. The second-order valence-electron chi connectivity index (χ2n) is 7.97. The van der Waals surface area contributed by atoms with Crippen LogP contribution in [0.25, 0.3) is 0 Å². The van der Waals surface area contributed by atoms with Gasteiger partial charge in [-0.2, -0.15) is 0 Å². The van der Waals surface area contributed by atoms with Crippen molar-refractivity contribution in [3.05, 3.63) is 67.0 Å². The molecule has 0 fully saturated rings. The molecule has 0 spiro atoms. The fourth-order valence-electron chi connectivity index (χ4n) is 4.18. The third-order valence-electron chi connectivity index (χ3n) is 5.93. The summed E-state index contributed by atoms with van der Waals surface area (Å²) in [6.45, 7) is 6.34. The Hall–Kier alpha value is -1.41. The number of likely N-dealkylation sites (N-methyl/N-ethyl adjacent to an activating group) is 1. The molecule has 1 unspecified atom stereocenters. The smallest absolute Gasteiger partial charge is 0.252 e. The van der Waals surface area contributed by atoms with Crippen LogP contribution in [0.2, 0.25) is 0 Å². The van der Waals surface area contributed by atoms with E-state index in [0.717, 1.165) is 42.7 Å². The van der Waals surface area contributed by atoms with Crippen LogP contribution in [0.1, 0.15) is 38.3 Å². The van der Waals surface area contributed by atoms with Gasteiger partial charge in [0.15, 0.2) is 0 Å². The van der Waals surface area contributed by atoms with Gasteiger partial charge in [-0.25, -0.2) is 4.98 Å². The first-order valence-electron chi connectivity index (χ1n) is 8.86. The van der Waals surface area contributed by atoms with E-state index in [2.05, 4.69) is 81.7 Å². The van der Waals surface area contributed by atoms with Crippen LogP contribution < -0.4 is 5.32 Å². The van der Waals surface area contributed by atoms with Gasteiger partial charge < -0.3 is 10.2 Å². The molecule has 27 heavy (non-hydrogen) atoms. The molecule has 6 heteroatoms. The van der Waals surface area contributed by atoms with Gasteiger partial charge in [0.2, 0.25) is 0 Å². The molecule has 3 heterocycles. The van der Waals surface area contributed by atoms with E-state index in [1.165, 1.54) is 0 Å². The normalized spacial score (nSPS) is 23.6. The van der Waals surface area contributed by atoms with Crippen LogP contribution in [-0.2, 0) is 10.2 Å². The Morgan fingerprint density at radius 3 is 2.56 bits per heavy atom. The van der Waals surface area contributed by atoms with Gasteiger partial charge in [0.25, 0.3) is 5.91 Å². The third kappa shape index (κ3) is 2.67. The fourth-order valence-corrected chi connectivity index (χ4v) is 5.27. The van der Waals surface area contributed by atoms with Crippen molar-refractivity contribution >= 4 is 50.2 Å². The summed E-state index contributed by atoms with van der Waals surface area (Å²) in [5.74, 6) is 0.886. The van der Waals surface area contributed by atoms with Crippen LogP contribution in [0.5, 0.6) is 0 Å². The van der Waals surface area contributed by atoms with E-state index >= 15 is 0 Å². The van der Waals surface area contributed by atoms with Crippen LogP contribution in [0.15, 0.2) is 52.3 Å². The third-order valence-corrected chi connectivity index (χ3v) is 8.31. The Bertz CT molecular complexity index is 986. The summed E-state index contributed by atoms with van der Waals surface area (Å²) >= 11 is 6.06. The first-order valence-corrected chi connectivity index (χ1v) is 10.7. The molecule has 4 nitrogen and oxygen atoms in total. The maximum absolute atomic E-state index is 13.6. The zero-order chi connectivity index (χ0) is 19.6. The highest BCUT2D eigenvalue weighted by Crippen LogP contribution is 2.53. The summed E-state index contributed by atoms with van der Waals surface area (Å²) in [5.41, 5.74) is 3.05. The lowest BCUT2D eigenvalue weighted by atomic mass is 9.65. The Labute approximate surface area is 181 Å². The van der Waals surface area contributed by atoms with Gasteiger partial charge in [-0.15, -0.1) is 0 Å². The van der Waals surface area contributed by atoms with Crippen molar-refractivity contribution in [2.24, 2.45) is 0 Å². The maximum Gasteiger partial charge on any atom is 0.252 e. The van der Waals surface area contributed by atoms with Crippen molar-refractivity contribution < 1.29 is 4.79 Å². The number of aromatic nitrogens is 1. The van der Waals surface area contributed by atoms with E-state index in [1.807, 2.05) is 36.3 Å². The largest absolute Gasteiger partial charge is 0.343 e. The zero-order valence-electron chi connectivity index (χ0n) is 15.7. The predicted octanol–water partition coefficient (Wildman–Crippen LogP) is 5.08. The predicted molar refractivity (Wildman–Crippen MR) is 120 cm³/mol. The van der Waals surface area contributed by atoms with Crippen LogP contribution in [-0.4, -0.2) is 28.4 Å². The monoisotopic (exact) mass is 537 g/mol. The van der Waals surface area contributed by atoms with Crippen LogP contribution >= 0.6 is 38.5 Å².